The SMILES string of the molecule is C#Cc1ccccc1[SiH]C. The van der Waals surface area contributed by atoms with Gasteiger partial charge in [0.05, 0.1) is 9.52 Å². The maximum absolute atomic E-state index is 5.29. The first-order valence-corrected chi connectivity index (χ1v) is 4.96. The minimum atomic E-state index is 0.351. The van der Waals surface area contributed by atoms with Gasteiger partial charge in [0.1, 0.15) is 0 Å². The fraction of sp³-hybridized carbons (Fsp3) is 0.111. The molecule has 0 amide bonds. The van der Waals surface area contributed by atoms with Gasteiger partial charge in [0.2, 0.25) is 0 Å². The zero-order chi connectivity index (χ0) is 7.40. The van der Waals surface area contributed by atoms with Crippen molar-refractivity contribution in [2.45, 2.75) is 6.55 Å². The molecule has 0 bridgehead atoms. The van der Waals surface area contributed by atoms with Crippen LogP contribution in [-0.2, 0) is 0 Å². The van der Waals surface area contributed by atoms with Crippen LogP contribution < -0.4 is 5.19 Å². The van der Waals surface area contributed by atoms with Crippen LogP contribution in [0.1, 0.15) is 5.56 Å². The van der Waals surface area contributed by atoms with Gasteiger partial charge in [-0.25, -0.2) is 0 Å². The van der Waals surface area contributed by atoms with Crippen molar-refractivity contribution >= 4 is 14.7 Å². The molecule has 0 spiro atoms. The van der Waals surface area contributed by atoms with E-state index in [1.165, 1.54) is 5.19 Å². The molecular formula is C9H9Si. The van der Waals surface area contributed by atoms with E-state index in [9.17, 15) is 0 Å². The van der Waals surface area contributed by atoms with Crippen molar-refractivity contribution in [3.63, 3.8) is 0 Å². The van der Waals surface area contributed by atoms with Crippen molar-refractivity contribution in [2.24, 2.45) is 0 Å². The monoisotopic (exact) mass is 145 g/mol. The normalized spacial score (nSPS) is 8.80. The van der Waals surface area contributed by atoms with Crippen LogP contribution in [0.2, 0.25) is 6.55 Å². The highest BCUT2D eigenvalue weighted by atomic mass is 28.2. The van der Waals surface area contributed by atoms with E-state index < -0.39 is 0 Å². The first-order chi connectivity index (χ1) is 4.88. The van der Waals surface area contributed by atoms with E-state index in [4.69, 9.17) is 6.42 Å². The van der Waals surface area contributed by atoms with Gasteiger partial charge < -0.3 is 0 Å². The number of hydrogen-bond acceptors (Lipinski definition) is 0. The van der Waals surface area contributed by atoms with E-state index in [1.54, 1.807) is 0 Å². The van der Waals surface area contributed by atoms with E-state index in [1.807, 2.05) is 18.2 Å². The van der Waals surface area contributed by atoms with Crippen LogP contribution in [0.5, 0.6) is 0 Å². The van der Waals surface area contributed by atoms with E-state index in [0.29, 0.717) is 9.52 Å². The highest BCUT2D eigenvalue weighted by Gasteiger charge is 1.93. The Morgan fingerprint density at radius 3 is 2.60 bits per heavy atom. The largest absolute Gasteiger partial charge is 0.115 e. The van der Waals surface area contributed by atoms with Crippen LogP contribution in [0.15, 0.2) is 24.3 Å². The Morgan fingerprint density at radius 1 is 1.40 bits per heavy atom. The minimum absolute atomic E-state index is 0.351. The summed E-state index contributed by atoms with van der Waals surface area (Å²) in [5.41, 5.74) is 1.06. The van der Waals surface area contributed by atoms with Gasteiger partial charge in [-0.05, 0) is 6.07 Å². The van der Waals surface area contributed by atoms with Gasteiger partial charge >= 0.3 is 0 Å². The lowest BCUT2D eigenvalue weighted by Crippen LogP contribution is -2.13. The van der Waals surface area contributed by atoms with E-state index in [0.717, 1.165) is 5.56 Å². The van der Waals surface area contributed by atoms with Crippen LogP contribution >= 0.6 is 0 Å². The summed E-state index contributed by atoms with van der Waals surface area (Å²) in [7, 11) is 0.351. The average molecular weight is 145 g/mol. The van der Waals surface area contributed by atoms with E-state index in [2.05, 4.69) is 18.5 Å². The maximum Gasteiger partial charge on any atom is 0.0652 e. The Labute approximate surface area is 64.1 Å². The summed E-state index contributed by atoms with van der Waals surface area (Å²) < 4.78 is 0. The Kier molecular flexibility index (Phi) is 2.30. The zero-order valence-corrected chi connectivity index (χ0v) is 7.12. The molecule has 0 unspecified atom stereocenters. The van der Waals surface area contributed by atoms with Crippen molar-refractivity contribution < 1.29 is 0 Å². The van der Waals surface area contributed by atoms with Crippen LogP contribution in [0.3, 0.4) is 0 Å². The molecule has 0 aliphatic rings. The summed E-state index contributed by atoms with van der Waals surface area (Å²) in [6.07, 6.45) is 5.29. The second-order valence-electron chi connectivity index (χ2n) is 2.02. The van der Waals surface area contributed by atoms with Crippen LogP contribution in [0.25, 0.3) is 0 Å². The second-order valence-corrected chi connectivity index (χ2v) is 3.22. The molecule has 0 aromatic heterocycles. The summed E-state index contributed by atoms with van der Waals surface area (Å²) in [4.78, 5) is 0. The second kappa shape index (κ2) is 3.24. The minimum Gasteiger partial charge on any atom is -0.115 e. The van der Waals surface area contributed by atoms with Gasteiger partial charge in [-0.1, -0.05) is 35.9 Å². The van der Waals surface area contributed by atoms with Crippen LogP contribution in [0.4, 0.5) is 0 Å². The van der Waals surface area contributed by atoms with Crippen LogP contribution in [-0.4, -0.2) is 9.52 Å². The number of rotatable bonds is 1. The quantitative estimate of drug-likeness (QED) is 0.404. The third-order valence-electron chi connectivity index (χ3n) is 1.43. The molecule has 0 saturated heterocycles. The summed E-state index contributed by atoms with van der Waals surface area (Å²) in [6, 6.07) is 8.11. The Hall–Kier alpha value is -1.00. The lowest BCUT2D eigenvalue weighted by atomic mass is 10.2. The smallest absolute Gasteiger partial charge is 0.0652 e. The summed E-state index contributed by atoms with van der Waals surface area (Å²) in [5, 5.41) is 1.34. The average Bonchev–Trinajstić information content (AvgIpc) is 2.04. The first kappa shape index (κ1) is 7.11. The van der Waals surface area contributed by atoms with Gasteiger partial charge in [0.25, 0.3) is 0 Å². The molecule has 0 heterocycles. The van der Waals surface area contributed by atoms with Crippen molar-refractivity contribution in [1.29, 1.82) is 0 Å². The molecule has 0 aliphatic carbocycles. The number of hydrogen-bond donors (Lipinski definition) is 0. The standard InChI is InChI=1S/C9H9Si/c1-3-8-6-4-5-7-9(8)10-2/h1,4-7,10H,2H3. The highest BCUT2D eigenvalue weighted by molar-refractivity contribution is 6.52. The predicted octanol–water partition coefficient (Wildman–Crippen LogP) is 0.778. The number of terminal acetylenes is 1. The fourth-order valence-electron chi connectivity index (χ4n) is 0.880. The molecule has 1 radical (unpaired) electrons. The summed E-state index contributed by atoms with van der Waals surface area (Å²) >= 11 is 0. The molecule has 0 nitrogen and oxygen atoms in total. The van der Waals surface area contributed by atoms with Crippen molar-refractivity contribution in [3.05, 3.63) is 29.8 Å². The predicted molar refractivity (Wildman–Crippen MR) is 47.0 cm³/mol. The molecule has 0 fully saturated rings. The maximum atomic E-state index is 5.29. The van der Waals surface area contributed by atoms with Gasteiger partial charge in [-0.15, -0.1) is 6.42 Å². The highest BCUT2D eigenvalue weighted by Crippen LogP contribution is 1.91. The van der Waals surface area contributed by atoms with Crippen molar-refractivity contribution in [2.75, 3.05) is 0 Å². The van der Waals surface area contributed by atoms with Gasteiger partial charge in [-0.3, -0.25) is 0 Å². The number of benzene rings is 1. The Balaban J connectivity index is 3.12. The van der Waals surface area contributed by atoms with Crippen molar-refractivity contribution in [1.82, 2.24) is 0 Å². The Bertz CT molecular complexity index is 258. The molecule has 1 aromatic rings. The van der Waals surface area contributed by atoms with Gasteiger partial charge in [-0.2, -0.15) is 0 Å². The third-order valence-corrected chi connectivity index (χ3v) is 2.55. The van der Waals surface area contributed by atoms with Crippen LogP contribution in [0, 0.1) is 12.3 Å². The van der Waals surface area contributed by atoms with E-state index in [-0.39, 0.29) is 0 Å². The first-order valence-electron chi connectivity index (χ1n) is 3.23. The van der Waals surface area contributed by atoms with E-state index >= 15 is 0 Å². The molecule has 0 N–H and O–H groups in total. The molecule has 0 atom stereocenters. The van der Waals surface area contributed by atoms with Gasteiger partial charge in [0.15, 0.2) is 0 Å². The topological polar surface area (TPSA) is 0 Å². The summed E-state index contributed by atoms with van der Waals surface area (Å²) in [5.74, 6) is 2.67. The fourth-order valence-corrected chi connectivity index (χ4v) is 1.67. The lowest BCUT2D eigenvalue weighted by Gasteiger charge is -1.97. The molecular weight excluding hydrogens is 136 g/mol. The third kappa shape index (κ3) is 1.28. The molecule has 1 rings (SSSR count). The molecule has 49 valence electrons. The zero-order valence-electron chi connectivity index (χ0n) is 5.96. The molecule has 0 saturated carbocycles. The molecule has 1 aromatic carbocycles. The molecule has 0 aliphatic heterocycles. The van der Waals surface area contributed by atoms with Crippen molar-refractivity contribution in [3.8, 4) is 12.3 Å². The molecule has 1 heteroatoms. The lowest BCUT2D eigenvalue weighted by molar-refractivity contribution is 1.70. The summed E-state index contributed by atoms with van der Waals surface area (Å²) in [6.45, 7) is 2.19. The van der Waals surface area contributed by atoms with Gasteiger partial charge in [0, 0.05) is 5.56 Å². The molecule has 10 heavy (non-hydrogen) atoms. The Morgan fingerprint density at radius 2 is 2.10 bits per heavy atom.